The summed E-state index contributed by atoms with van der Waals surface area (Å²) in [5.41, 5.74) is 2.33. The van der Waals surface area contributed by atoms with Gasteiger partial charge in [0.2, 0.25) is 11.8 Å². The number of carbonyl (C=O) groups is 3. The van der Waals surface area contributed by atoms with E-state index in [1.54, 1.807) is 57.9 Å². The van der Waals surface area contributed by atoms with Crippen LogP contribution in [0.1, 0.15) is 23.6 Å². The number of aliphatic hydroxyl groups excluding tert-OH is 1. The fraction of sp³-hybridized carbons (Fsp3) is 0.342. The van der Waals surface area contributed by atoms with E-state index in [0.29, 0.717) is 30.9 Å². The molecule has 6 rings (SSSR count). The highest BCUT2D eigenvalue weighted by Gasteiger charge is 2.76. The molecule has 3 aromatic carbocycles. The number of aliphatic hydroxyl groups is 1. The Labute approximate surface area is 294 Å². The zero-order chi connectivity index (χ0) is 34.0. The third-order valence-corrected chi connectivity index (χ3v) is 13.0. The molecule has 3 unspecified atom stereocenters. The quantitative estimate of drug-likeness (QED) is 0.181. The summed E-state index contributed by atoms with van der Waals surface area (Å²) in [5, 5.41) is 10.7. The number of likely N-dealkylation sites (tertiary alicyclic amines) is 1. The van der Waals surface area contributed by atoms with Crippen LogP contribution in [0, 0.1) is 11.8 Å². The standard InChI is InChI=1S/C38H40BrN3O5S/c1-4-20-40(23-25-12-8-6-9-13-25)35(44)31-32-36(45)42(30(24-43)26-14-10-7-11-15-26)34(38(32)22-29(39)33(31)48-38)37(46)41(21-5-2)27-16-18-28(47-3)19-17-27/h4-19,29-34,43H,1-2,20-24H2,3H3/t29?,30-,31-,32+,33-,34?,38?/m1/s1. The number of amides is 3. The fourth-order valence-corrected chi connectivity index (χ4v) is 11.3. The summed E-state index contributed by atoms with van der Waals surface area (Å²) in [6.07, 6.45) is 3.89. The van der Waals surface area contributed by atoms with E-state index in [0.717, 1.165) is 11.1 Å². The molecule has 3 aromatic rings. The Hall–Kier alpha value is -3.86. The van der Waals surface area contributed by atoms with Crippen LogP contribution >= 0.6 is 27.7 Å². The van der Waals surface area contributed by atoms with Crippen LogP contribution in [0.2, 0.25) is 0 Å². The number of anilines is 1. The van der Waals surface area contributed by atoms with E-state index in [9.17, 15) is 9.90 Å². The van der Waals surface area contributed by atoms with Gasteiger partial charge in [-0.2, -0.15) is 0 Å². The molecule has 3 aliphatic heterocycles. The van der Waals surface area contributed by atoms with E-state index in [1.807, 2.05) is 72.8 Å². The van der Waals surface area contributed by atoms with Crippen LogP contribution in [0.15, 0.2) is 110 Å². The fourth-order valence-electron chi connectivity index (χ4n) is 7.76. The predicted octanol–water partition coefficient (Wildman–Crippen LogP) is 5.63. The Morgan fingerprint density at radius 2 is 1.67 bits per heavy atom. The highest BCUT2D eigenvalue weighted by Crippen LogP contribution is 2.69. The van der Waals surface area contributed by atoms with Gasteiger partial charge in [-0.3, -0.25) is 14.4 Å². The summed E-state index contributed by atoms with van der Waals surface area (Å²) in [7, 11) is 1.58. The summed E-state index contributed by atoms with van der Waals surface area (Å²) >= 11 is 5.47. The highest BCUT2D eigenvalue weighted by atomic mass is 79.9. The Kier molecular flexibility index (Phi) is 10.1. The first kappa shape index (κ1) is 34.0. The van der Waals surface area contributed by atoms with Crippen molar-refractivity contribution in [2.45, 2.75) is 39.9 Å². The number of alkyl halides is 1. The number of thioether (sulfide) groups is 1. The molecule has 48 heavy (non-hydrogen) atoms. The van der Waals surface area contributed by atoms with Crippen LogP contribution < -0.4 is 9.64 Å². The van der Waals surface area contributed by atoms with E-state index in [1.165, 1.54) is 0 Å². The lowest BCUT2D eigenvalue weighted by atomic mass is 9.70. The normalized spacial score (nSPS) is 26.1. The van der Waals surface area contributed by atoms with Gasteiger partial charge in [-0.1, -0.05) is 88.7 Å². The van der Waals surface area contributed by atoms with E-state index in [2.05, 4.69) is 29.1 Å². The molecule has 8 nitrogen and oxygen atoms in total. The second-order valence-corrected chi connectivity index (χ2v) is 15.2. The summed E-state index contributed by atoms with van der Waals surface area (Å²) in [6.45, 7) is 8.35. The molecule has 3 aliphatic rings. The van der Waals surface area contributed by atoms with Crippen molar-refractivity contribution in [2.75, 3.05) is 31.7 Å². The van der Waals surface area contributed by atoms with E-state index in [-0.39, 0.29) is 41.0 Å². The zero-order valence-electron chi connectivity index (χ0n) is 26.9. The van der Waals surface area contributed by atoms with E-state index < -0.39 is 28.7 Å². The van der Waals surface area contributed by atoms with Crippen LogP contribution in [0.3, 0.4) is 0 Å². The van der Waals surface area contributed by atoms with Crippen molar-refractivity contribution in [3.8, 4) is 5.75 Å². The number of halogens is 1. The number of nitrogens with zero attached hydrogens (tertiary/aromatic N) is 3. The lowest BCUT2D eigenvalue weighted by Crippen LogP contribution is -2.56. The number of benzene rings is 3. The molecule has 0 saturated carbocycles. The first-order chi connectivity index (χ1) is 23.3. The molecule has 0 aromatic heterocycles. The summed E-state index contributed by atoms with van der Waals surface area (Å²) < 4.78 is 4.45. The van der Waals surface area contributed by atoms with E-state index >= 15 is 9.59 Å². The van der Waals surface area contributed by atoms with Crippen molar-refractivity contribution in [3.05, 3.63) is 121 Å². The molecule has 0 aliphatic carbocycles. The van der Waals surface area contributed by atoms with Crippen molar-refractivity contribution in [3.63, 3.8) is 0 Å². The van der Waals surface area contributed by atoms with Gasteiger partial charge in [0.1, 0.15) is 11.8 Å². The Morgan fingerprint density at radius 1 is 1.02 bits per heavy atom. The molecule has 1 N–H and O–H groups in total. The second kappa shape index (κ2) is 14.3. The van der Waals surface area contributed by atoms with Gasteiger partial charge in [-0.25, -0.2) is 0 Å². The van der Waals surface area contributed by atoms with E-state index in [4.69, 9.17) is 4.74 Å². The molecule has 3 heterocycles. The van der Waals surface area contributed by atoms with Crippen LogP contribution in [-0.2, 0) is 20.9 Å². The lowest BCUT2D eigenvalue weighted by molar-refractivity contribution is -0.145. The third-order valence-electron chi connectivity index (χ3n) is 9.78. The number of rotatable bonds is 13. The maximum Gasteiger partial charge on any atom is 0.251 e. The average Bonchev–Trinajstić information content (AvgIpc) is 3.71. The zero-order valence-corrected chi connectivity index (χ0v) is 29.3. The van der Waals surface area contributed by atoms with Gasteiger partial charge in [0.25, 0.3) is 5.91 Å². The molecule has 3 amide bonds. The van der Waals surface area contributed by atoms with Gasteiger partial charge in [-0.05, 0) is 41.8 Å². The van der Waals surface area contributed by atoms with Gasteiger partial charge >= 0.3 is 0 Å². The minimum Gasteiger partial charge on any atom is -0.497 e. The summed E-state index contributed by atoms with van der Waals surface area (Å²) in [5.74, 6) is -1.47. The van der Waals surface area contributed by atoms with Gasteiger partial charge < -0.3 is 24.5 Å². The highest BCUT2D eigenvalue weighted by molar-refractivity contribution is 9.09. The van der Waals surface area contributed by atoms with Gasteiger partial charge in [0.05, 0.1) is 36.3 Å². The molecular weight excluding hydrogens is 690 g/mol. The first-order valence-electron chi connectivity index (χ1n) is 16.1. The van der Waals surface area contributed by atoms with Crippen molar-refractivity contribution in [2.24, 2.45) is 11.8 Å². The molecule has 0 radical (unpaired) electrons. The molecule has 250 valence electrons. The molecular formula is C38H40BrN3O5S. The number of carbonyl (C=O) groups excluding carboxylic acids is 3. The Balaban J connectivity index is 1.46. The molecule has 2 bridgehead atoms. The molecule has 7 atom stereocenters. The lowest BCUT2D eigenvalue weighted by Gasteiger charge is -2.40. The number of hydrogen-bond acceptors (Lipinski definition) is 6. The third kappa shape index (κ3) is 5.88. The van der Waals surface area contributed by atoms with Crippen LogP contribution in [-0.4, -0.2) is 80.3 Å². The van der Waals surface area contributed by atoms with Crippen molar-refractivity contribution in [1.29, 1.82) is 0 Å². The smallest absolute Gasteiger partial charge is 0.251 e. The largest absolute Gasteiger partial charge is 0.497 e. The second-order valence-electron chi connectivity index (χ2n) is 12.4. The first-order valence-corrected chi connectivity index (χ1v) is 17.9. The van der Waals surface area contributed by atoms with Crippen LogP contribution in [0.25, 0.3) is 0 Å². The number of methoxy groups -OCH3 is 1. The molecule has 1 spiro atoms. The summed E-state index contributed by atoms with van der Waals surface area (Å²) in [6, 6.07) is 24.5. The Bertz CT molecular complexity index is 1660. The summed E-state index contributed by atoms with van der Waals surface area (Å²) in [4.78, 5) is 49.7. The molecule has 10 heteroatoms. The topological polar surface area (TPSA) is 90.4 Å². The average molecular weight is 731 g/mol. The predicted molar refractivity (Wildman–Crippen MR) is 193 cm³/mol. The van der Waals surface area contributed by atoms with Crippen LogP contribution in [0.4, 0.5) is 5.69 Å². The SMILES string of the molecule is C=CCN(Cc1ccccc1)C(=O)[C@H]1[C@@H]2SC3(CC2Br)C(C(=O)N(CC=C)c2ccc(OC)cc2)N([C@H](CO)c2ccccc2)C(=O)[C@H]13. The maximum atomic E-state index is 15.1. The monoisotopic (exact) mass is 729 g/mol. The van der Waals surface area contributed by atoms with Crippen LogP contribution in [0.5, 0.6) is 5.75 Å². The van der Waals surface area contributed by atoms with Crippen molar-refractivity contribution >= 4 is 51.1 Å². The number of ether oxygens (including phenoxy) is 1. The van der Waals surface area contributed by atoms with Gasteiger partial charge in [-0.15, -0.1) is 24.9 Å². The minimum absolute atomic E-state index is 0.101. The van der Waals surface area contributed by atoms with Gasteiger partial charge in [0, 0.05) is 35.4 Å². The number of fused-ring (bicyclic) bond motifs is 1. The van der Waals surface area contributed by atoms with Crippen molar-refractivity contribution < 1.29 is 24.2 Å². The Morgan fingerprint density at radius 3 is 2.27 bits per heavy atom. The van der Waals surface area contributed by atoms with Crippen molar-refractivity contribution in [1.82, 2.24) is 9.80 Å². The number of hydrogen-bond donors (Lipinski definition) is 1. The minimum atomic E-state index is -0.954. The molecule has 3 fully saturated rings. The molecule has 3 saturated heterocycles. The van der Waals surface area contributed by atoms with Gasteiger partial charge in [0.15, 0.2) is 0 Å². The maximum absolute atomic E-state index is 15.1.